The van der Waals surface area contributed by atoms with Crippen LogP contribution in [-0.4, -0.2) is 56.6 Å². The zero-order valence-corrected chi connectivity index (χ0v) is 19.6. The molecule has 176 valence electrons. The predicted molar refractivity (Wildman–Crippen MR) is 133 cm³/mol. The normalized spacial score (nSPS) is 13.4. The summed E-state index contributed by atoms with van der Waals surface area (Å²) in [4.78, 5) is 29.6. The van der Waals surface area contributed by atoms with Crippen molar-refractivity contribution in [2.24, 2.45) is 0 Å². The summed E-state index contributed by atoms with van der Waals surface area (Å²) in [6, 6.07) is 21.8. The largest absolute Gasteiger partial charge is 0.497 e. The average molecular weight is 480 g/mol. The number of amides is 2. The van der Waals surface area contributed by atoms with Crippen molar-refractivity contribution in [3.63, 3.8) is 0 Å². The monoisotopic (exact) mass is 479 g/mol. The molecule has 1 aliphatic rings. The van der Waals surface area contributed by atoms with Gasteiger partial charge in [-0.25, -0.2) is 0 Å². The topological polar surface area (TPSA) is 71.1 Å². The van der Waals surface area contributed by atoms with Crippen LogP contribution < -0.4 is 19.7 Å². The molecule has 0 unspecified atom stereocenters. The quantitative estimate of drug-likeness (QED) is 0.546. The molecule has 0 radical (unpaired) electrons. The lowest BCUT2D eigenvalue weighted by Gasteiger charge is -2.36. The van der Waals surface area contributed by atoms with Crippen LogP contribution in [0.1, 0.15) is 10.4 Å². The summed E-state index contributed by atoms with van der Waals surface area (Å²) in [5.41, 5.74) is 2.03. The number of carbonyl (C=O) groups excluding carboxylic acids is 2. The Labute approximate surface area is 203 Å². The molecule has 34 heavy (non-hydrogen) atoms. The standard InChI is InChI=1S/C26H26ClN3O4/c1-33-22-10-8-21(9-11-22)29-13-15-30(16-14-29)25(31)18-34-24-12-7-19(27)17-23(24)26(32)28-20-5-3-2-4-6-20/h2-12,17H,13-16,18H2,1H3,(H,28,32). The van der Waals surface area contributed by atoms with Gasteiger partial charge in [0.1, 0.15) is 11.5 Å². The minimum Gasteiger partial charge on any atom is -0.497 e. The smallest absolute Gasteiger partial charge is 0.260 e. The molecule has 2 amide bonds. The second-order valence-corrected chi connectivity index (χ2v) is 8.25. The second-order valence-electron chi connectivity index (χ2n) is 7.82. The number of halogens is 1. The number of nitrogens with one attached hydrogen (secondary N) is 1. The van der Waals surface area contributed by atoms with E-state index in [9.17, 15) is 9.59 Å². The number of piperazine rings is 1. The van der Waals surface area contributed by atoms with Crippen LogP contribution in [0.4, 0.5) is 11.4 Å². The van der Waals surface area contributed by atoms with Gasteiger partial charge in [0.25, 0.3) is 11.8 Å². The van der Waals surface area contributed by atoms with E-state index >= 15 is 0 Å². The molecule has 3 aromatic rings. The van der Waals surface area contributed by atoms with Gasteiger partial charge in [0.05, 0.1) is 12.7 Å². The number of anilines is 2. The molecule has 0 atom stereocenters. The molecule has 0 spiro atoms. The SMILES string of the molecule is COc1ccc(N2CCN(C(=O)COc3ccc(Cl)cc3C(=O)Nc3ccccc3)CC2)cc1. The van der Waals surface area contributed by atoms with Crippen LogP contribution in [0.3, 0.4) is 0 Å². The fourth-order valence-corrected chi connectivity index (χ4v) is 3.94. The van der Waals surface area contributed by atoms with Gasteiger partial charge in [0.15, 0.2) is 6.61 Å². The van der Waals surface area contributed by atoms with E-state index in [-0.39, 0.29) is 24.0 Å². The highest BCUT2D eigenvalue weighted by Crippen LogP contribution is 2.25. The average Bonchev–Trinajstić information content (AvgIpc) is 2.88. The highest BCUT2D eigenvalue weighted by atomic mass is 35.5. The lowest BCUT2D eigenvalue weighted by molar-refractivity contribution is -0.133. The van der Waals surface area contributed by atoms with Crippen LogP contribution in [-0.2, 0) is 4.79 Å². The molecule has 4 rings (SSSR count). The van der Waals surface area contributed by atoms with E-state index in [1.54, 1.807) is 36.3 Å². The Morgan fingerprint density at radius 1 is 0.941 bits per heavy atom. The van der Waals surface area contributed by atoms with Gasteiger partial charge in [-0.15, -0.1) is 0 Å². The number of nitrogens with zero attached hydrogens (tertiary/aromatic N) is 2. The first kappa shape index (κ1) is 23.4. The summed E-state index contributed by atoms with van der Waals surface area (Å²) in [6.07, 6.45) is 0. The van der Waals surface area contributed by atoms with Gasteiger partial charge in [0, 0.05) is 42.6 Å². The summed E-state index contributed by atoms with van der Waals surface area (Å²) in [6.45, 7) is 2.48. The third-order valence-corrected chi connectivity index (χ3v) is 5.87. The molecular formula is C26H26ClN3O4. The second kappa shape index (κ2) is 10.9. The maximum Gasteiger partial charge on any atom is 0.260 e. The minimum absolute atomic E-state index is 0.126. The van der Waals surface area contributed by atoms with Gasteiger partial charge in [0.2, 0.25) is 0 Å². The van der Waals surface area contributed by atoms with Crippen molar-refractivity contribution in [2.75, 3.05) is 50.1 Å². The first-order valence-corrected chi connectivity index (χ1v) is 11.4. The number of rotatable bonds is 7. The molecule has 0 aromatic heterocycles. The first-order valence-electron chi connectivity index (χ1n) is 11.0. The van der Waals surface area contributed by atoms with Gasteiger partial charge in [-0.2, -0.15) is 0 Å². The number of methoxy groups -OCH3 is 1. The van der Waals surface area contributed by atoms with E-state index in [1.807, 2.05) is 42.5 Å². The summed E-state index contributed by atoms with van der Waals surface area (Å²) in [5, 5.41) is 3.23. The number of ether oxygens (including phenoxy) is 2. The Morgan fingerprint density at radius 2 is 1.65 bits per heavy atom. The lowest BCUT2D eigenvalue weighted by Crippen LogP contribution is -2.50. The Morgan fingerprint density at radius 3 is 2.32 bits per heavy atom. The number of hydrogen-bond acceptors (Lipinski definition) is 5. The van der Waals surface area contributed by atoms with Crippen LogP contribution in [0.25, 0.3) is 0 Å². The predicted octanol–water partition coefficient (Wildman–Crippen LogP) is 4.33. The molecule has 1 saturated heterocycles. The van der Waals surface area contributed by atoms with E-state index < -0.39 is 0 Å². The van der Waals surface area contributed by atoms with Crippen LogP contribution in [0.5, 0.6) is 11.5 Å². The van der Waals surface area contributed by atoms with Crippen molar-refractivity contribution in [1.29, 1.82) is 0 Å². The van der Waals surface area contributed by atoms with Crippen molar-refractivity contribution in [2.45, 2.75) is 0 Å². The zero-order valence-electron chi connectivity index (χ0n) is 18.9. The molecule has 8 heteroatoms. The number of carbonyl (C=O) groups is 2. The first-order chi connectivity index (χ1) is 16.5. The van der Waals surface area contributed by atoms with E-state index in [2.05, 4.69) is 10.2 Å². The van der Waals surface area contributed by atoms with Crippen molar-refractivity contribution in [3.05, 3.63) is 83.4 Å². The summed E-state index contributed by atoms with van der Waals surface area (Å²) < 4.78 is 11.0. The van der Waals surface area contributed by atoms with Gasteiger partial charge < -0.3 is 24.6 Å². The summed E-state index contributed by atoms with van der Waals surface area (Å²) >= 11 is 6.11. The number of hydrogen-bond donors (Lipinski definition) is 1. The van der Waals surface area contributed by atoms with Gasteiger partial charge in [-0.05, 0) is 54.6 Å². The van der Waals surface area contributed by atoms with Gasteiger partial charge >= 0.3 is 0 Å². The zero-order chi connectivity index (χ0) is 23.9. The van der Waals surface area contributed by atoms with Crippen LogP contribution in [0.15, 0.2) is 72.8 Å². The summed E-state index contributed by atoms with van der Waals surface area (Å²) in [7, 11) is 1.64. The Kier molecular flexibility index (Phi) is 7.54. The number of benzene rings is 3. The van der Waals surface area contributed by atoms with E-state index in [1.165, 1.54) is 6.07 Å². The highest BCUT2D eigenvalue weighted by Gasteiger charge is 2.22. The molecule has 1 aliphatic heterocycles. The Hall–Kier alpha value is -3.71. The fourth-order valence-electron chi connectivity index (χ4n) is 3.76. The van der Waals surface area contributed by atoms with Crippen LogP contribution in [0, 0.1) is 0 Å². The van der Waals surface area contributed by atoms with Gasteiger partial charge in [-0.1, -0.05) is 29.8 Å². The number of para-hydroxylation sites is 1. The van der Waals surface area contributed by atoms with Crippen molar-refractivity contribution >= 4 is 34.8 Å². The van der Waals surface area contributed by atoms with Crippen molar-refractivity contribution in [1.82, 2.24) is 4.90 Å². The highest BCUT2D eigenvalue weighted by molar-refractivity contribution is 6.31. The fraction of sp³-hybridized carbons (Fsp3) is 0.231. The van der Waals surface area contributed by atoms with Crippen LogP contribution in [0.2, 0.25) is 5.02 Å². The third-order valence-electron chi connectivity index (χ3n) is 5.64. The minimum atomic E-state index is -0.357. The maximum atomic E-state index is 12.8. The molecule has 1 fully saturated rings. The molecule has 0 aliphatic carbocycles. The Bertz CT molecular complexity index is 1130. The third kappa shape index (κ3) is 5.80. The van der Waals surface area contributed by atoms with Crippen molar-refractivity contribution < 1.29 is 19.1 Å². The maximum absolute atomic E-state index is 12.8. The molecule has 1 heterocycles. The molecular weight excluding hydrogens is 454 g/mol. The van der Waals surface area contributed by atoms with Gasteiger partial charge in [-0.3, -0.25) is 9.59 Å². The molecule has 7 nitrogen and oxygen atoms in total. The lowest BCUT2D eigenvalue weighted by atomic mass is 10.1. The molecule has 0 bridgehead atoms. The Balaban J connectivity index is 1.33. The molecule has 1 N–H and O–H groups in total. The summed E-state index contributed by atoms with van der Waals surface area (Å²) in [5.74, 6) is 0.639. The van der Waals surface area contributed by atoms with Crippen LogP contribution >= 0.6 is 11.6 Å². The van der Waals surface area contributed by atoms with E-state index in [0.29, 0.717) is 29.5 Å². The van der Waals surface area contributed by atoms with E-state index in [0.717, 1.165) is 24.5 Å². The van der Waals surface area contributed by atoms with Crippen molar-refractivity contribution in [3.8, 4) is 11.5 Å². The molecule has 3 aromatic carbocycles. The van der Waals surface area contributed by atoms with E-state index in [4.69, 9.17) is 21.1 Å². The molecule has 0 saturated carbocycles.